The van der Waals surface area contributed by atoms with Gasteiger partial charge in [0, 0.05) is 0 Å². The topological polar surface area (TPSA) is 89.8 Å². The lowest BCUT2D eigenvalue weighted by molar-refractivity contribution is -0.124. The van der Waals surface area contributed by atoms with E-state index < -0.39 is 18.2 Å². The Labute approximate surface area is 318 Å². The van der Waals surface area contributed by atoms with E-state index in [1.165, 1.54) is 180 Å². The quantitative estimate of drug-likeness (QED) is 0.0374. The van der Waals surface area contributed by atoms with Crippen molar-refractivity contribution >= 4 is 5.91 Å². The molecule has 0 aromatic heterocycles. The average Bonchev–Trinajstić information content (AvgIpc) is 3.12. The summed E-state index contributed by atoms with van der Waals surface area (Å²) in [6, 6.07) is -0.757. The molecule has 3 unspecified atom stereocenters. The highest BCUT2D eigenvalue weighted by Crippen LogP contribution is 2.16. The smallest absolute Gasteiger partial charge is 0.222 e. The zero-order valence-electron chi connectivity index (χ0n) is 34.2. The van der Waals surface area contributed by atoms with E-state index in [2.05, 4.69) is 31.3 Å². The van der Waals surface area contributed by atoms with E-state index in [9.17, 15) is 20.1 Å². The maximum absolute atomic E-state index is 12.4. The predicted octanol–water partition coefficient (Wildman–Crippen LogP) is 13.0. The molecule has 0 bridgehead atoms. The van der Waals surface area contributed by atoms with E-state index >= 15 is 0 Å². The fourth-order valence-electron chi connectivity index (χ4n) is 7.00. The van der Waals surface area contributed by atoms with Gasteiger partial charge in [-0.3, -0.25) is 4.79 Å². The molecule has 51 heavy (non-hydrogen) atoms. The lowest BCUT2D eigenvalue weighted by Gasteiger charge is -2.21. The first-order valence-electron chi connectivity index (χ1n) is 22.6. The minimum absolute atomic E-state index is 0.00950. The van der Waals surface area contributed by atoms with Crippen molar-refractivity contribution < 1.29 is 20.1 Å². The van der Waals surface area contributed by atoms with Gasteiger partial charge >= 0.3 is 0 Å². The molecule has 1 amide bonds. The van der Waals surface area contributed by atoms with E-state index in [1.54, 1.807) is 6.08 Å². The largest absolute Gasteiger partial charge is 0.394 e. The SMILES string of the molecule is CCCCCCCCCCCCCCCCCC/C=C/CC/C=C/C(O)C(CO)NC(=O)CC(O)CCCCCCCCCCCCCCCC. The number of amides is 1. The van der Waals surface area contributed by atoms with Gasteiger partial charge in [-0.15, -0.1) is 0 Å². The molecule has 4 N–H and O–H groups in total. The zero-order chi connectivity index (χ0) is 37.3. The van der Waals surface area contributed by atoms with Gasteiger partial charge in [0.05, 0.1) is 31.3 Å². The van der Waals surface area contributed by atoms with Gasteiger partial charge in [-0.25, -0.2) is 0 Å². The maximum Gasteiger partial charge on any atom is 0.222 e. The molecule has 3 atom stereocenters. The van der Waals surface area contributed by atoms with E-state index in [4.69, 9.17) is 0 Å². The van der Waals surface area contributed by atoms with Crippen LogP contribution in [0.4, 0.5) is 0 Å². The van der Waals surface area contributed by atoms with Crippen LogP contribution >= 0.6 is 0 Å². The summed E-state index contributed by atoms with van der Waals surface area (Å²) in [7, 11) is 0. The van der Waals surface area contributed by atoms with Crippen LogP contribution in [0.25, 0.3) is 0 Å². The summed E-state index contributed by atoms with van der Waals surface area (Å²) >= 11 is 0. The fourth-order valence-corrected chi connectivity index (χ4v) is 7.00. The third kappa shape index (κ3) is 38.4. The monoisotopic (exact) mass is 720 g/mol. The molecule has 0 aliphatic heterocycles. The van der Waals surface area contributed by atoms with Crippen LogP contribution in [0.15, 0.2) is 24.3 Å². The number of aliphatic hydroxyl groups is 3. The Hall–Kier alpha value is -1.17. The summed E-state index contributed by atoms with van der Waals surface area (Å²) in [6.07, 6.45) is 50.4. The Balaban J connectivity index is 3.67. The molecule has 0 radical (unpaired) electrons. The molecular weight excluding hydrogens is 631 g/mol. The van der Waals surface area contributed by atoms with Gasteiger partial charge in [0.25, 0.3) is 0 Å². The van der Waals surface area contributed by atoms with E-state index in [-0.39, 0.29) is 18.9 Å². The number of unbranched alkanes of at least 4 members (excludes halogenated alkanes) is 30. The Kier molecular flexibility index (Phi) is 40.6. The molecule has 0 aromatic carbocycles. The summed E-state index contributed by atoms with van der Waals surface area (Å²) in [4.78, 5) is 12.4. The first kappa shape index (κ1) is 49.8. The van der Waals surface area contributed by atoms with Crippen molar-refractivity contribution in [1.82, 2.24) is 5.32 Å². The van der Waals surface area contributed by atoms with Crippen molar-refractivity contribution in [3.63, 3.8) is 0 Å². The molecule has 5 heteroatoms. The van der Waals surface area contributed by atoms with Crippen LogP contribution in [0, 0.1) is 0 Å². The van der Waals surface area contributed by atoms with Gasteiger partial charge in [0.15, 0.2) is 0 Å². The number of hydrogen-bond acceptors (Lipinski definition) is 4. The predicted molar refractivity (Wildman–Crippen MR) is 222 cm³/mol. The Morgan fingerprint density at radius 1 is 0.490 bits per heavy atom. The number of hydrogen-bond donors (Lipinski definition) is 4. The lowest BCUT2D eigenvalue weighted by atomic mass is 10.0. The van der Waals surface area contributed by atoms with Crippen LogP contribution in [0.1, 0.15) is 239 Å². The highest BCUT2D eigenvalue weighted by atomic mass is 16.3. The molecule has 0 aliphatic carbocycles. The van der Waals surface area contributed by atoms with E-state index in [0.29, 0.717) is 6.42 Å². The van der Waals surface area contributed by atoms with Crippen molar-refractivity contribution in [3.8, 4) is 0 Å². The normalized spacial score (nSPS) is 13.7. The van der Waals surface area contributed by atoms with Crippen LogP contribution in [0.5, 0.6) is 0 Å². The van der Waals surface area contributed by atoms with Gasteiger partial charge in [0.2, 0.25) is 5.91 Å². The van der Waals surface area contributed by atoms with Crippen LogP contribution in [0.2, 0.25) is 0 Å². The molecule has 0 saturated carbocycles. The highest BCUT2D eigenvalue weighted by Gasteiger charge is 2.20. The summed E-state index contributed by atoms with van der Waals surface area (Å²) in [5.41, 5.74) is 0. The van der Waals surface area contributed by atoms with Gasteiger partial charge in [0.1, 0.15) is 0 Å². The second kappa shape index (κ2) is 41.6. The second-order valence-electron chi connectivity index (χ2n) is 15.7. The van der Waals surface area contributed by atoms with Crippen molar-refractivity contribution in [2.75, 3.05) is 6.61 Å². The maximum atomic E-state index is 12.4. The van der Waals surface area contributed by atoms with Crippen molar-refractivity contribution in [2.24, 2.45) is 0 Å². The third-order valence-electron chi connectivity index (χ3n) is 10.5. The number of nitrogens with one attached hydrogen (secondary N) is 1. The first-order chi connectivity index (χ1) is 25.0. The Morgan fingerprint density at radius 3 is 1.25 bits per heavy atom. The number of carbonyl (C=O) groups is 1. The summed E-state index contributed by atoms with van der Waals surface area (Å²) in [5.74, 6) is -0.323. The molecule has 0 fully saturated rings. The van der Waals surface area contributed by atoms with Gasteiger partial charge in [-0.1, -0.05) is 224 Å². The highest BCUT2D eigenvalue weighted by molar-refractivity contribution is 5.76. The summed E-state index contributed by atoms with van der Waals surface area (Å²) in [6.45, 7) is 4.21. The average molecular weight is 720 g/mol. The van der Waals surface area contributed by atoms with Crippen LogP contribution in [-0.4, -0.2) is 46.1 Å². The standard InChI is InChI=1S/C46H89NO4/c1-3-5-7-9-11-13-15-17-19-20-21-22-23-24-25-26-28-30-32-34-36-38-40-45(50)44(42-48)47-46(51)41-43(49)39-37-35-33-31-29-27-18-16-14-12-10-8-6-4-2/h30,32,38,40,43-45,48-50H,3-29,31,33-37,39,41-42H2,1-2H3,(H,47,51)/b32-30+,40-38+. The molecule has 0 spiro atoms. The molecule has 0 aliphatic rings. The van der Waals surface area contributed by atoms with Gasteiger partial charge < -0.3 is 20.6 Å². The molecule has 302 valence electrons. The number of rotatable bonds is 41. The molecule has 5 nitrogen and oxygen atoms in total. The minimum Gasteiger partial charge on any atom is -0.394 e. The lowest BCUT2D eigenvalue weighted by Crippen LogP contribution is -2.45. The number of allylic oxidation sites excluding steroid dienone is 3. The van der Waals surface area contributed by atoms with Crippen LogP contribution in [0.3, 0.4) is 0 Å². The Morgan fingerprint density at radius 2 is 0.843 bits per heavy atom. The summed E-state index contributed by atoms with van der Waals surface area (Å²) < 4.78 is 0. The molecular formula is C46H89NO4. The molecule has 0 rings (SSSR count). The minimum atomic E-state index is -0.948. The van der Waals surface area contributed by atoms with Gasteiger partial charge in [-0.2, -0.15) is 0 Å². The molecule has 0 heterocycles. The summed E-state index contributed by atoms with van der Waals surface area (Å²) in [5, 5.41) is 33.2. The van der Waals surface area contributed by atoms with Crippen molar-refractivity contribution in [3.05, 3.63) is 24.3 Å². The van der Waals surface area contributed by atoms with Crippen LogP contribution in [-0.2, 0) is 4.79 Å². The van der Waals surface area contributed by atoms with Crippen LogP contribution < -0.4 is 5.32 Å². The molecule has 0 saturated heterocycles. The third-order valence-corrected chi connectivity index (χ3v) is 10.5. The first-order valence-corrected chi connectivity index (χ1v) is 22.6. The van der Waals surface area contributed by atoms with E-state index in [1.807, 2.05) is 6.08 Å². The van der Waals surface area contributed by atoms with Crippen molar-refractivity contribution in [1.29, 1.82) is 0 Å². The van der Waals surface area contributed by atoms with Gasteiger partial charge in [-0.05, 0) is 32.1 Å². The van der Waals surface area contributed by atoms with Crippen molar-refractivity contribution in [2.45, 2.75) is 257 Å². The van der Waals surface area contributed by atoms with E-state index in [0.717, 1.165) is 32.1 Å². The number of aliphatic hydroxyl groups excluding tert-OH is 3. The zero-order valence-corrected chi connectivity index (χ0v) is 34.2. The molecule has 0 aromatic rings. The fraction of sp³-hybridized carbons (Fsp3) is 0.891. The second-order valence-corrected chi connectivity index (χ2v) is 15.7. The Bertz CT molecular complexity index is 754. The number of carbonyl (C=O) groups excluding carboxylic acids is 1.